The van der Waals surface area contributed by atoms with E-state index in [9.17, 15) is 0 Å². The van der Waals surface area contributed by atoms with E-state index in [0.29, 0.717) is 0 Å². The van der Waals surface area contributed by atoms with Crippen LogP contribution in [0.5, 0.6) is 0 Å². The minimum Gasteiger partial charge on any atom is -0.354 e. The zero-order valence-corrected chi connectivity index (χ0v) is 13.0. The fourth-order valence-electron chi connectivity index (χ4n) is 2.50. The second-order valence-electron chi connectivity index (χ2n) is 5.23. The predicted octanol–water partition coefficient (Wildman–Crippen LogP) is 2.75. The largest absolute Gasteiger partial charge is 0.354 e. The van der Waals surface area contributed by atoms with Crippen LogP contribution in [-0.2, 0) is 0 Å². The number of halogens is 1. The molecular formula is C15H17BrN4. The van der Waals surface area contributed by atoms with Crippen molar-refractivity contribution in [1.29, 1.82) is 0 Å². The number of nitrogens with zero attached hydrogens (tertiary/aromatic N) is 3. The highest BCUT2D eigenvalue weighted by atomic mass is 79.9. The summed E-state index contributed by atoms with van der Waals surface area (Å²) in [4.78, 5) is 2.19. The van der Waals surface area contributed by atoms with Crippen molar-refractivity contribution in [3.63, 3.8) is 0 Å². The van der Waals surface area contributed by atoms with E-state index in [1.165, 1.54) is 5.56 Å². The van der Waals surface area contributed by atoms with Crippen molar-refractivity contribution in [2.75, 3.05) is 18.0 Å². The molecule has 0 aliphatic carbocycles. The van der Waals surface area contributed by atoms with Crippen molar-refractivity contribution < 1.29 is 0 Å². The first kappa shape index (κ1) is 13.5. The monoisotopic (exact) mass is 332 g/mol. The molecule has 104 valence electrons. The van der Waals surface area contributed by atoms with Crippen LogP contribution in [0, 0.1) is 6.92 Å². The van der Waals surface area contributed by atoms with Gasteiger partial charge in [-0.15, -0.1) is 10.2 Å². The van der Waals surface area contributed by atoms with Crippen LogP contribution in [-0.4, -0.2) is 29.3 Å². The minimum absolute atomic E-state index is 0.254. The summed E-state index contributed by atoms with van der Waals surface area (Å²) in [7, 11) is 0. The number of aryl methyl sites for hydroxylation is 1. The van der Waals surface area contributed by atoms with Gasteiger partial charge in [0.25, 0.3) is 0 Å². The van der Waals surface area contributed by atoms with Crippen LogP contribution in [0.25, 0.3) is 11.3 Å². The van der Waals surface area contributed by atoms with Gasteiger partial charge in [-0.2, -0.15) is 0 Å². The first-order valence-corrected chi connectivity index (χ1v) is 7.53. The lowest BCUT2D eigenvalue weighted by molar-refractivity contribution is 0.750. The maximum absolute atomic E-state index is 5.92. The van der Waals surface area contributed by atoms with Crippen LogP contribution in [0.2, 0.25) is 0 Å². The van der Waals surface area contributed by atoms with Gasteiger partial charge in [-0.3, -0.25) is 0 Å². The maximum atomic E-state index is 5.92. The van der Waals surface area contributed by atoms with Crippen molar-refractivity contribution in [1.82, 2.24) is 10.2 Å². The second kappa shape index (κ2) is 5.50. The molecule has 0 amide bonds. The molecule has 1 aromatic heterocycles. The van der Waals surface area contributed by atoms with Gasteiger partial charge in [-0.05, 0) is 43.2 Å². The molecule has 1 atom stereocenters. The molecule has 0 spiro atoms. The lowest BCUT2D eigenvalue weighted by Crippen LogP contribution is -2.27. The Morgan fingerprint density at radius 1 is 1.25 bits per heavy atom. The van der Waals surface area contributed by atoms with E-state index in [1.54, 1.807) is 0 Å². The smallest absolute Gasteiger partial charge is 0.151 e. The van der Waals surface area contributed by atoms with Crippen LogP contribution in [0.3, 0.4) is 0 Å². The summed E-state index contributed by atoms with van der Waals surface area (Å²) in [6.07, 6.45) is 1.02. The summed E-state index contributed by atoms with van der Waals surface area (Å²) in [6, 6.07) is 10.5. The highest BCUT2D eigenvalue weighted by Crippen LogP contribution is 2.26. The Morgan fingerprint density at radius 3 is 2.75 bits per heavy atom. The number of hydrogen-bond acceptors (Lipinski definition) is 4. The number of benzene rings is 1. The molecule has 1 fully saturated rings. The maximum Gasteiger partial charge on any atom is 0.151 e. The van der Waals surface area contributed by atoms with Gasteiger partial charge in [0.1, 0.15) is 0 Å². The average molecular weight is 333 g/mol. The zero-order valence-electron chi connectivity index (χ0n) is 11.4. The topological polar surface area (TPSA) is 55.0 Å². The van der Waals surface area contributed by atoms with Gasteiger partial charge < -0.3 is 10.6 Å². The van der Waals surface area contributed by atoms with E-state index < -0.39 is 0 Å². The number of hydrogen-bond donors (Lipinski definition) is 1. The number of rotatable bonds is 2. The summed E-state index contributed by atoms with van der Waals surface area (Å²) in [5.74, 6) is 0.911. The van der Waals surface area contributed by atoms with Gasteiger partial charge in [0, 0.05) is 29.2 Å². The summed E-state index contributed by atoms with van der Waals surface area (Å²) in [5.41, 5.74) is 9.12. The second-order valence-corrected chi connectivity index (χ2v) is 6.15. The highest BCUT2D eigenvalue weighted by molar-refractivity contribution is 9.10. The van der Waals surface area contributed by atoms with Crippen molar-refractivity contribution >= 4 is 21.7 Å². The molecule has 20 heavy (non-hydrogen) atoms. The highest BCUT2D eigenvalue weighted by Gasteiger charge is 2.20. The van der Waals surface area contributed by atoms with Gasteiger partial charge in [-0.25, -0.2) is 0 Å². The summed E-state index contributed by atoms with van der Waals surface area (Å²) >= 11 is 3.50. The first-order valence-electron chi connectivity index (χ1n) is 6.74. The Bertz CT molecular complexity index is 612. The molecule has 2 aromatic rings. The van der Waals surface area contributed by atoms with Gasteiger partial charge in [0.05, 0.1) is 5.69 Å². The molecule has 3 rings (SSSR count). The van der Waals surface area contributed by atoms with Crippen molar-refractivity contribution in [3.8, 4) is 11.3 Å². The molecule has 1 aromatic carbocycles. The Morgan fingerprint density at radius 2 is 2.10 bits per heavy atom. The SMILES string of the molecule is Cc1ccc(Br)cc1-c1ccc(N2CCC(N)C2)nn1. The van der Waals surface area contributed by atoms with E-state index >= 15 is 0 Å². The van der Waals surface area contributed by atoms with Gasteiger partial charge >= 0.3 is 0 Å². The summed E-state index contributed by atoms with van der Waals surface area (Å²) < 4.78 is 1.05. The van der Waals surface area contributed by atoms with Crippen molar-refractivity contribution in [2.24, 2.45) is 5.73 Å². The summed E-state index contributed by atoms with van der Waals surface area (Å²) in [6.45, 7) is 3.91. The molecule has 1 saturated heterocycles. The fraction of sp³-hybridized carbons (Fsp3) is 0.333. The Kier molecular flexibility index (Phi) is 3.72. The molecule has 0 radical (unpaired) electrons. The van der Waals surface area contributed by atoms with Crippen LogP contribution in [0.4, 0.5) is 5.82 Å². The van der Waals surface area contributed by atoms with Crippen LogP contribution < -0.4 is 10.6 Å². The van der Waals surface area contributed by atoms with E-state index in [0.717, 1.165) is 41.1 Å². The molecule has 5 heteroatoms. The molecule has 1 aliphatic rings. The van der Waals surface area contributed by atoms with E-state index in [4.69, 9.17) is 5.73 Å². The first-order chi connectivity index (χ1) is 9.63. The molecule has 2 N–H and O–H groups in total. The number of nitrogens with two attached hydrogens (primary N) is 1. The predicted molar refractivity (Wildman–Crippen MR) is 84.7 cm³/mol. The molecule has 0 bridgehead atoms. The fourth-order valence-corrected chi connectivity index (χ4v) is 2.86. The normalized spacial score (nSPS) is 18.6. The van der Waals surface area contributed by atoms with Crippen molar-refractivity contribution in [3.05, 3.63) is 40.4 Å². The van der Waals surface area contributed by atoms with Crippen LogP contribution >= 0.6 is 15.9 Å². The van der Waals surface area contributed by atoms with Gasteiger partial charge in [-0.1, -0.05) is 22.0 Å². The zero-order chi connectivity index (χ0) is 14.1. The third kappa shape index (κ3) is 2.69. The third-order valence-corrected chi connectivity index (χ3v) is 4.17. The Hall–Kier alpha value is -1.46. The standard InChI is InChI=1S/C15H17BrN4/c1-10-2-3-11(16)8-13(10)14-4-5-15(19-18-14)20-7-6-12(17)9-20/h2-5,8,12H,6-7,9,17H2,1H3. The Balaban J connectivity index is 1.87. The van der Waals surface area contributed by atoms with Gasteiger partial charge in [0.2, 0.25) is 0 Å². The number of aromatic nitrogens is 2. The van der Waals surface area contributed by atoms with Crippen molar-refractivity contribution in [2.45, 2.75) is 19.4 Å². The summed E-state index contributed by atoms with van der Waals surface area (Å²) in [5, 5.41) is 8.71. The van der Waals surface area contributed by atoms with Gasteiger partial charge in [0.15, 0.2) is 5.82 Å². The lowest BCUT2D eigenvalue weighted by atomic mass is 10.1. The van der Waals surface area contributed by atoms with E-state index in [1.807, 2.05) is 18.2 Å². The van der Waals surface area contributed by atoms with Crippen LogP contribution in [0.1, 0.15) is 12.0 Å². The number of anilines is 1. The average Bonchev–Trinajstić information content (AvgIpc) is 2.88. The molecule has 1 unspecified atom stereocenters. The Labute approximate surface area is 127 Å². The molecular weight excluding hydrogens is 316 g/mol. The third-order valence-electron chi connectivity index (χ3n) is 3.67. The van der Waals surface area contributed by atoms with E-state index in [2.05, 4.69) is 50.1 Å². The van der Waals surface area contributed by atoms with Crippen LogP contribution in [0.15, 0.2) is 34.8 Å². The lowest BCUT2D eigenvalue weighted by Gasteiger charge is -2.16. The quantitative estimate of drug-likeness (QED) is 0.918. The molecule has 0 saturated carbocycles. The van der Waals surface area contributed by atoms with E-state index in [-0.39, 0.29) is 6.04 Å². The minimum atomic E-state index is 0.254. The molecule has 1 aliphatic heterocycles. The molecule has 4 nitrogen and oxygen atoms in total. The molecule has 2 heterocycles.